The first kappa shape index (κ1) is 21.7. The zero-order valence-electron chi connectivity index (χ0n) is 18.4. The van der Waals surface area contributed by atoms with Crippen molar-refractivity contribution in [2.45, 2.75) is 26.3 Å². The van der Waals surface area contributed by atoms with Crippen molar-refractivity contribution in [3.63, 3.8) is 0 Å². The van der Waals surface area contributed by atoms with E-state index in [9.17, 15) is 12.8 Å². The lowest BCUT2D eigenvalue weighted by Gasteiger charge is -2.35. The van der Waals surface area contributed by atoms with Crippen LogP contribution in [0.15, 0.2) is 24.4 Å². The molecule has 0 unspecified atom stereocenters. The summed E-state index contributed by atoms with van der Waals surface area (Å²) in [4.78, 5) is 0. The van der Waals surface area contributed by atoms with Crippen molar-refractivity contribution in [1.82, 2.24) is 24.0 Å². The van der Waals surface area contributed by atoms with Gasteiger partial charge in [-0.25, -0.2) is 12.8 Å². The predicted molar refractivity (Wildman–Crippen MR) is 123 cm³/mol. The van der Waals surface area contributed by atoms with E-state index in [0.29, 0.717) is 50.3 Å². The highest BCUT2D eigenvalue weighted by Crippen LogP contribution is 2.50. The summed E-state index contributed by atoms with van der Waals surface area (Å²) in [6, 6.07) is 4.10. The molecule has 0 saturated carbocycles. The Hall–Kier alpha value is -3.18. The molecule has 0 aliphatic carbocycles. The topological polar surface area (TPSA) is 104 Å². The van der Waals surface area contributed by atoms with Gasteiger partial charge in [0.15, 0.2) is 11.6 Å². The standard InChI is InChI=1S/C21H20ClFN6O3S/c1-10-26-27-20-21(2,3)25-17-15(22)8-13(19(32-4)18(17)28(10)20)12-6-11(23)7-16-14(12)9-24-29(16)33(5,30)31/h6-9,25H,1-5H3. The van der Waals surface area contributed by atoms with Crippen LogP contribution in [0.3, 0.4) is 0 Å². The lowest BCUT2D eigenvalue weighted by atomic mass is 9.95. The molecule has 0 radical (unpaired) electrons. The van der Waals surface area contributed by atoms with Crippen molar-refractivity contribution in [2.75, 3.05) is 18.7 Å². The van der Waals surface area contributed by atoms with Gasteiger partial charge in [0.2, 0.25) is 0 Å². The van der Waals surface area contributed by atoms with Gasteiger partial charge in [-0.1, -0.05) is 11.6 Å². The Labute approximate surface area is 194 Å². The smallest absolute Gasteiger partial charge is 0.251 e. The average molecular weight is 491 g/mol. The summed E-state index contributed by atoms with van der Waals surface area (Å²) in [7, 11) is -2.24. The summed E-state index contributed by atoms with van der Waals surface area (Å²) < 4.78 is 47.5. The number of rotatable bonds is 3. The Morgan fingerprint density at radius 2 is 1.91 bits per heavy atom. The van der Waals surface area contributed by atoms with Gasteiger partial charge in [0.1, 0.15) is 17.3 Å². The molecular formula is C21H20ClFN6O3S. The van der Waals surface area contributed by atoms with Crippen molar-refractivity contribution in [3.05, 3.63) is 46.9 Å². The monoisotopic (exact) mass is 490 g/mol. The van der Waals surface area contributed by atoms with E-state index in [1.165, 1.54) is 19.4 Å². The SMILES string of the molecule is COc1c(-c2cc(F)cc3c2cnn3S(C)(=O)=O)cc(Cl)c2c1-n1c(C)nnc1C(C)(C)N2. The number of halogens is 2. The number of nitrogens with one attached hydrogen (secondary N) is 1. The fraction of sp³-hybridized carbons (Fsp3) is 0.286. The Morgan fingerprint density at radius 3 is 2.58 bits per heavy atom. The molecule has 0 atom stereocenters. The Bertz CT molecular complexity index is 1570. The minimum absolute atomic E-state index is 0.115. The highest BCUT2D eigenvalue weighted by atomic mass is 35.5. The summed E-state index contributed by atoms with van der Waals surface area (Å²) >= 11 is 6.73. The molecule has 5 rings (SSSR count). The molecule has 3 heterocycles. The molecule has 4 aromatic rings. The average Bonchev–Trinajstić information content (AvgIpc) is 3.32. The number of hydrogen-bond donors (Lipinski definition) is 1. The minimum Gasteiger partial charge on any atom is -0.494 e. The first-order valence-electron chi connectivity index (χ1n) is 9.94. The van der Waals surface area contributed by atoms with Crippen molar-refractivity contribution >= 4 is 38.2 Å². The molecule has 33 heavy (non-hydrogen) atoms. The van der Waals surface area contributed by atoms with Crippen LogP contribution in [0.2, 0.25) is 5.02 Å². The van der Waals surface area contributed by atoms with Gasteiger partial charge in [-0.05, 0) is 38.5 Å². The van der Waals surface area contributed by atoms with E-state index in [1.54, 1.807) is 6.07 Å². The van der Waals surface area contributed by atoms with Crippen LogP contribution in [0.4, 0.5) is 10.1 Å². The van der Waals surface area contributed by atoms with E-state index < -0.39 is 21.4 Å². The summed E-state index contributed by atoms with van der Waals surface area (Å²) in [6.07, 6.45) is 2.39. The van der Waals surface area contributed by atoms with Crippen LogP contribution < -0.4 is 10.1 Å². The fourth-order valence-electron chi connectivity index (χ4n) is 4.32. The van der Waals surface area contributed by atoms with Crippen LogP contribution in [0, 0.1) is 12.7 Å². The number of methoxy groups -OCH3 is 1. The van der Waals surface area contributed by atoms with E-state index in [4.69, 9.17) is 16.3 Å². The highest BCUT2D eigenvalue weighted by molar-refractivity contribution is 7.89. The summed E-state index contributed by atoms with van der Waals surface area (Å²) in [5.74, 6) is 1.06. The molecule has 2 aromatic carbocycles. The molecule has 1 aliphatic heterocycles. The lowest BCUT2D eigenvalue weighted by Crippen LogP contribution is -2.36. The Balaban J connectivity index is 1.89. The molecule has 0 saturated heterocycles. The third-order valence-corrected chi connectivity index (χ3v) is 6.90. The van der Waals surface area contributed by atoms with Crippen LogP contribution in [0.25, 0.3) is 27.7 Å². The normalized spacial score (nSPS) is 14.6. The molecule has 0 fully saturated rings. The number of aryl methyl sites for hydroxylation is 1. The maximum atomic E-state index is 14.7. The second-order valence-corrected chi connectivity index (χ2v) is 10.7. The van der Waals surface area contributed by atoms with Crippen LogP contribution in [-0.2, 0) is 15.6 Å². The third kappa shape index (κ3) is 3.10. The summed E-state index contributed by atoms with van der Waals surface area (Å²) in [5.41, 5.74) is 1.62. The van der Waals surface area contributed by atoms with E-state index in [0.717, 1.165) is 16.4 Å². The van der Waals surface area contributed by atoms with Crippen molar-refractivity contribution in [3.8, 4) is 22.6 Å². The highest BCUT2D eigenvalue weighted by Gasteiger charge is 2.38. The molecule has 0 bridgehead atoms. The first-order valence-corrected chi connectivity index (χ1v) is 12.2. The Kier molecular flexibility index (Phi) is 4.53. The first-order chi connectivity index (χ1) is 15.4. The zero-order chi connectivity index (χ0) is 23.9. The molecule has 0 spiro atoms. The maximum absolute atomic E-state index is 14.7. The molecule has 1 N–H and O–H groups in total. The zero-order valence-corrected chi connectivity index (χ0v) is 20.0. The van der Waals surface area contributed by atoms with Gasteiger partial charge in [-0.2, -0.15) is 9.19 Å². The van der Waals surface area contributed by atoms with Gasteiger partial charge >= 0.3 is 0 Å². The third-order valence-electron chi connectivity index (χ3n) is 5.68. The number of nitrogens with zero attached hydrogens (tertiary/aromatic N) is 5. The van der Waals surface area contributed by atoms with Crippen LogP contribution in [0.1, 0.15) is 25.5 Å². The van der Waals surface area contributed by atoms with Gasteiger partial charge in [0, 0.05) is 17.0 Å². The van der Waals surface area contributed by atoms with E-state index in [2.05, 4.69) is 20.6 Å². The van der Waals surface area contributed by atoms with Gasteiger partial charge in [-0.15, -0.1) is 10.2 Å². The second kappa shape index (κ2) is 6.91. The van der Waals surface area contributed by atoms with Gasteiger partial charge < -0.3 is 10.1 Å². The van der Waals surface area contributed by atoms with Crippen LogP contribution >= 0.6 is 11.6 Å². The maximum Gasteiger partial charge on any atom is 0.251 e. The number of fused-ring (bicyclic) bond motifs is 4. The molecule has 9 nitrogen and oxygen atoms in total. The molecule has 0 amide bonds. The number of hydrogen-bond acceptors (Lipinski definition) is 7. The van der Waals surface area contributed by atoms with Gasteiger partial charge in [-0.3, -0.25) is 4.57 Å². The minimum atomic E-state index is -3.74. The summed E-state index contributed by atoms with van der Waals surface area (Å²) in [6.45, 7) is 5.74. The van der Waals surface area contributed by atoms with E-state index in [-0.39, 0.29) is 5.52 Å². The number of aromatic nitrogens is 5. The molecular weight excluding hydrogens is 471 g/mol. The molecule has 172 valence electrons. The van der Waals surface area contributed by atoms with E-state index in [1.807, 2.05) is 25.3 Å². The lowest BCUT2D eigenvalue weighted by molar-refractivity contribution is 0.411. The second-order valence-electron chi connectivity index (χ2n) is 8.46. The fourth-order valence-corrected chi connectivity index (χ4v) is 5.29. The number of anilines is 1. The van der Waals surface area contributed by atoms with Gasteiger partial charge in [0.05, 0.1) is 41.3 Å². The Morgan fingerprint density at radius 1 is 1.18 bits per heavy atom. The van der Waals surface area contributed by atoms with E-state index >= 15 is 0 Å². The predicted octanol–water partition coefficient (Wildman–Crippen LogP) is 3.86. The van der Waals surface area contributed by atoms with Crippen molar-refractivity contribution in [1.29, 1.82) is 0 Å². The van der Waals surface area contributed by atoms with Crippen LogP contribution in [0.5, 0.6) is 5.75 Å². The quantitative estimate of drug-likeness (QED) is 0.465. The summed E-state index contributed by atoms with van der Waals surface area (Å²) in [5, 5.41) is 16.7. The number of benzene rings is 2. The van der Waals surface area contributed by atoms with Crippen LogP contribution in [-0.4, -0.2) is 45.7 Å². The van der Waals surface area contributed by atoms with Gasteiger partial charge in [0.25, 0.3) is 10.0 Å². The van der Waals surface area contributed by atoms with Crippen molar-refractivity contribution in [2.24, 2.45) is 0 Å². The largest absolute Gasteiger partial charge is 0.494 e. The molecule has 2 aromatic heterocycles. The molecule has 12 heteroatoms. The molecule has 1 aliphatic rings. The van der Waals surface area contributed by atoms with Crippen molar-refractivity contribution < 1.29 is 17.5 Å². The number of ether oxygens (including phenoxy) is 1.